The molecular weight excluding hydrogens is 362 g/mol. The molecule has 3 heterocycles. The van der Waals surface area contributed by atoms with Crippen LogP contribution >= 0.6 is 11.6 Å². The Balaban J connectivity index is 1.41. The lowest BCUT2D eigenvalue weighted by Crippen LogP contribution is -2.36. The van der Waals surface area contributed by atoms with Crippen LogP contribution in [0.25, 0.3) is 10.9 Å². The number of rotatable bonds is 2. The van der Waals surface area contributed by atoms with Crippen LogP contribution in [-0.4, -0.2) is 44.0 Å². The maximum absolute atomic E-state index is 10.6. The molecule has 0 unspecified atom stereocenters. The lowest BCUT2D eigenvalue weighted by atomic mass is 9.77. The van der Waals surface area contributed by atoms with Crippen LogP contribution in [0, 0.1) is 18.8 Å². The van der Waals surface area contributed by atoms with Crippen molar-refractivity contribution in [1.82, 2.24) is 19.7 Å². The number of aryl methyl sites for hydroxylation is 1. The van der Waals surface area contributed by atoms with Crippen molar-refractivity contribution in [2.75, 3.05) is 18.0 Å². The Morgan fingerprint density at radius 2 is 1.96 bits per heavy atom. The normalized spacial score (nSPS) is 27.9. The van der Waals surface area contributed by atoms with E-state index in [0.717, 1.165) is 47.7 Å². The van der Waals surface area contributed by atoms with Gasteiger partial charge in [-0.1, -0.05) is 11.6 Å². The predicted molar refractivity (Wildman–Crippen MR) is 105 cm³/mol. The van der Waals surface area contributed by atoms with Crippen molar-refractivity contribution in [2.24, 2.45) is 11.8 Å². The van der Waals surface area contributed by atoms with Gasteiger partial charge in [-0.25, -0.2) is 14.6 Å². The molecule has 6 nitrogen and oxygen atoms in total. The van der Waals surface area contributed by atoms with Gasteiger partial charge in [0, 0.05) is 23.5 Å². The topological polar surface area (TPSA) is 67.1 Å². The number of hydrogen-bond donors (Lipinski definition) is 1. The molecule has 4 atom stereocenters. The second-order valence-corrected chi connectivity index (χ2v) is 8.30. The summed E-state index contributed by atoms with van der Waals surface area (Å²) in [6.45, 7) is 4.02. The molecule has 1 aromatic carbocycles. The molecule has 0 spiro atoms. The SMILES string of the molecule is Cc1cc(N2C[C@H]3C[C@@H](n4cncn4)[C@H](O)C[C@H]3C2)nc2ccc(Cl)cc12. The van der Waals surface area contributed by atoms with Crippen LogP contribution in [-0.2, 0) is 0 Å². The molecule has 1 saturated carbocycles. The molecule has 2 aromatic heterocycles. The standard InChI is InChI=1S/C20H22ClN5O/c1-12-4-20(24-17-3-2-15(21)7-16(12)17)25-8-13-5-18(26-11-22-10-23-26)19(27)6-14(13)9-25/h2-4,7,10-11,13-14,18-19,27H,5-6,8-9H2,1H3/t13-,14+,18-,19-/m1/s1. The third-order valence-electron chi connectivity index (χ3n) is 6.17. The van der Waals surface area contributed by atoms with Crippen LogP contribution in [0.3, 0.4) is 0 Å². The van der Waals surface area contributed by atoms with Crippen molar-refractivity contribution in [2.45, 2.75) is 31.9 Å². The molecule has 1 N–H and O–H groups in total. The lowest BCUT2D eigenvalue weighted by Gasteiger charge is -2.34. The van der Waals surface area contributed by atoms with Crippen LogP contribution in [0.2, 0.25) is 5.02 Å². The largest absolute Gasteiger partial charge is 0.391 e. The number of pyridine rings is 1. The average molecular weight is 384 g/mol. The Labute approximate surface area is 162 Å². The fraction of sp³-hybridized carbons (Fsp3) is 0.450. The first kappa shape index (κ1) is 17.0. The van der Waals surface area contributed by atoms with Gasteiger partial charge in [-0.05, 0) is 61.4 Å². The highest BCUT2D eigenvalue weighted by atomic mass is 35.5. The van der Waals surface area contributed by atoms with Crippen molar-refractivity contribution < 1.29 is 5.11 Å². The van der Waals surface area contributed by atoms with Gasteiger partial charge in [0.1, 0.15) is 18.5 Å². The molecule has 5 rings (SSSR count). The third kappa shape index (κ3) is 2.97. The van der Waals surface area contributed by atoms with Gasteiger partial charge in [0.15, 0.2) is 0 Å². The maximum atomic E-state index is 10.6. The molecule has 3 aromatic rings. The summed E-state index contributed by atoms with van der Waals surface area (Å²) in [4.78, 5) is 11.3. The van der Waals surface area contributed by atoms with E-state index in [1.807, 2.05) is 22.9 Å². The average Bonchev–Trinajstić information content (AvgIpc) is 3.30. The minimum Gasteiger partial charge on any atom is -0.391 e. The number of aliphatic hydroxyl groups excluding tert-OH is 1. The van der Waals surface area contributed by atoms with Crippen LogP contribution in [0.15, 0.2) is 36.9 Å². The van der Waals surface area contributed by atoms with Crippen molar-refractivity contribution >= 4 is 28.3 Å². The number of benzene rings is 1. The van der Waals surface area contributed by atoms with Crippen molar-refractivity contribution in [3.8, 4) is 0 Å². The smallest absolute Gasteiger partial charge is 0.137 e. The summed E-state index contributed by atoms with van der Waals surface area (Å²) >= 11 is 6.14. The Hall–Kier alpha value is -2.18. The molecule has 0 bridgehead atoms. The van der Waals surface area contributed by atoms with Crippen molar-refractivity contribution in [3.63, 3.8) is 0 Å². The molecular formula is C20H22ClN5O. The summed E-state index contributed by atoms with van der Waals surface area (Å²) < 4.78 is 1.81. The molecule has 1 saturated heterocycles. The summed E-state index contributed by atoms with van der Waals surface area (Å²) in [6, 6.07) is 8.03. The van der Waals surface area contributed by atoms with Gasteiger partial charge in [0.05, 0.1) is 17.7 Å². The number of anilines is 1. The second-order valence-electron chi connectivity index (χ2n) is 7.87. The number of aromatic nitrogens is 4. The van der Waals surface area contributed by atoms with E-state index in [-0.39, 0.29) is 12.1 Å². The highest BCUT2D eigenvalue weighted by molar-refractivity contribution is 6.31. The lowest BCUT2D eigenvalue weighted by molar-refractivity contribution is 0.0305. The van der Waals surface area contributed by atoms with Gasteiger partial charge in [-0.15, -0.1) is 0 Å². The first-order chi connectivity index (χ1) is 13.1. The van der Waals surface area contributed by atoms with Crippen LogP contribution in [0.1, 0.15) is 24.4 Å². The van der Waals surface area contributed by atoms with E-state index in [1.165, 1.54) is 11.9 Å². The fourth-order valence-corrected chi connectivity index (χ4v) is 4.95. The van der Waals surface area contributed by atoms with Crippen LogP contribution in [0.5, 0.6) is 0 Å². The quantitative estimate of drug-likeness (QED) is 0.735. The van der Waals surface area contributed by atoms with Gasteiger partial charge in [0.25, 0.3) is 0 Å². The van der Waals surface area contributed by atoms with Crippen molar-refractivity contribution in [3.05, 3.63) is 47.5 Å². The molecule has 1 aliphatic carbocycles. The molecule has 0 amide bonds. The molecule has 27 heavy (non-hydrogen) atoms. The Morgan fingerprint density at radius 3 is 2.74 bits per heavy atom. The van der Waals surface area contributed by atoms with E-state index >= 15 is 0 Å². The summed E-state index contributed by atoms with van der Waals surface area (Å²) in [5.41, 5.74) is 2.16. The number of aliphatic hydroxyl groups is 1. The zero-order valence-corrected chi connectivity index (χ0v) is 15.9. The Kier molecular flexibility index (Phi) is 4.06. The highest BCUT2D eigenvalue weighted by Gasteiger charge is 2.43. The Morgan fingerprint density at radius 1 is 1.15 bits per heavy atom. The predicted octanol–water partition coefficient (Wildman–Crippen LogP) is 3.24. The summed E-state index contributed by atoms with van der Waals surface area (Å²) in [7, 11) is 0. The van der Waals surface area contributed by atoms with E-state index in [9.17, 15) is 5.11 Å². The molecule has 0 radical (unpaired) electrons. The van der Waals surface area contributed by atoms with E-state index in [4.69, 9.17) is 16.6 Å². The number of fused-ring (bicyclic) bond motifs is 2. The maximum Gasteiger partial charge on any atom is 0.137 e. The molecule has 140 valence electrons. The van der Waals surface area contributed by atoms with Gasteiger partial charge in [-0.3, -0.25) is 0 Å². The van der Waals surface area contributed by atoms with E-state index < -0.39 is 0 Å². The third-order valence-corrected chi connectivity index (χ3v) is 6.41. The number of hydrogen-bond acceptors (Lipinski definition) is 5. The first-order valence-corrected chi connectivity index (χ1v) is 9.80. The zero-order chi connectivity index (χ0) is 18.5. The van der Waals surface area contributed by atoms with Gasteiger partial charge in [-0.2, -0.15) is 5.10 Å². The van der Waals surface area contributed by atoms with E-state index in [2.05, 4.69) is 28.0 Å². The number of nitrogens with zero attached hydrogens (tertiary/aromatic N) is 5. The molecule has 2 fully saturated rings. The van der Waals surface area contributed by atoms with Crippen molar-refractivity contribution in [1.29, 1.82) is 0 Å². The van der Waals surface area contributed by atoms with Gasteiger partial charge < -0.3 is 10.0 Å². The van der Waals surface area contributed by atoms with E-state index in [1.54, 1.807) is 6.33 Å². The fourth-order valence-electron chi connectivity index (χ4n) is 4.78. The van der Waals surface area contributed by atoms with E-state index in [0.29, 0.717) is 11.8 Å². The minimum atomic E-state index is -0.374. The number of halogens is 1. The van der Waals surface area contributed by atoms with Gasteiger partial charge in [0.2, 0.25) is 0 Å². The zero-order valence-electron chi connectivity index (χ0n) is 15.2. The first-order valence-electron chi connectivity index (χ1n) is 9.42. The molecule has 2 aliphatic rings. The Bertz CT molecular complexity index is 976. The summed E-state index contributed by atoms with van der Waals surface area (Å²) in [5.74, 6) is 2.04. The molecule has 7 heteroatoms. The molecule has 1 aliphatic heterocycles. The summed E-state index contributed by atoms with van der Waals surface area (Å²) in [5, 5.41) is 16.7. The second kappa shape index (κ2) is 6.46. The van der Waals surface area contributed by atoms with Gasteiger partial charge >= 0.3 is 0 Å². The highest BCUT2D eigenvalue weighted by Crippen LogP contribution is 2.42. The minimum absolute atomic E-state index is 0.0159. The monoisotopic (exact) mass is 383 g/mol. The summed E-state index contributed by atoms with van der Waals surface area (Å²) in [6.07, 6.45) is 4.59. The van der Waals surface area contributed by atoms with Crippen LogP contribution in [0.4, 0.5) is 5.82 Å². The van der Waals surface area contributed by atoms with Crippen LogP contribution < -0.4 is 4.90 Å².